The summed E-state index contributed by atoms with van der Waals surface area (Å²) in [6.07, 6.45) is 2.27. The van der Waals surface area contributed by atoms with E-state index in [9.17, 15) is 4.79 Å². The average molecular weight is 230 g/mol. The highest BCUT2D eigenvalue weighted by molar-refractivity contribution is 5.91. The molecule has 2 rings (SSSR count). The molecule has 0 saturated heterocycles. The minimum Gasteiger partial charge on any atom is -0.273 e. The number of rotatable bonds is 3. The maximum atomic E-state index is 11.6. The Morgan fingerprint density at radius 1 is 1.18 bits per heavy atom. The summed E-state index contributed by atoms with van der Waals surface area (Å²) in [4.78, 5) is 11.6. The summed E-state index contributed by atoms with van der Waals surface area (Å²) in [6.45, 7) is 4.73. The second kappa shape index (κ2) is 5.13. The van der Waals surface area contributed by atoms with Gasteiger partial charge in [-0.3, -0.25) is 4.79 Å². The third kappa shape index (κ3) is 3.16. The van der Waals surface area contributed by atoms with Gasteiger partial charge in [0.1, 0.15) is 0 Å². The SMILES string of the molecule is CC1=NN(CCc2ccc(C)cc2)C(=O)CC1. The number of benzene rings is 1. The molecule has 1 aliphatic rings. The number of hydrogen-bond acceptors (Lipinski definition) is 2. The van der Waals surface area contributed by atoms with Crippen LogP contribution in [-0.2, 0) is 11.2 Å². The summed E-state index contributed by atoms with van der Waals surface area (Å²) in [5.74, 6) is 0.141. The number of aryl methyl sites for hydroxylation is 1. The van der Waals surface area contributed by atoms with Crippen LogP contribution in [0.15, 0.2) is 29.4 Å². The fourth-order valence-electron chi connectivity index (χ4n) is 1.89. The Morgan fingerprint density at radius 3 is 2.59 bits per heavy atom. The lowest BCUT2D eigenvalue weighted by atomic mass is 10.1. The first-order chi connectivity index (χ1) is 8.15. The largest absolute Gasteiger partial charge is 0.273 e. The molecule has 1 amide bonds. The number of carbonyl (C=O) groups excluding carboxylic acids is 1. The fourth-order valence-corrected chi connectivity index (χ4v) is 1.89. The van der Waals surface area contributed by atoms with Crippen molar-refractivity contribution in [2.75, 3.05) is 6.54 Å². The van der Waals surface area contributed by atoms with Crippen LogP contribution in [0.1, 0.15) is 30.9 Å². The molecule has 1 aliphatic heterocycles. The van der Waals surface area contributed by atoms with Gasteiger partial charge in [-0.05, 0) is 32.3 Å². The van der Waals surface area contributed by atoms with Crippen LogP contribution < -0.4 is 0 Å². The minimum atomic E-state index is 0.141. The maximum absolute atomic E-state index is 11.6. The molecule has 0 bridgehead atoms. The molecule has 3 nitrogen and oxygen atoms in total. The summed E-state index contributed by atoms with van der Waals surface area (Å²) < 4.78 is 0. The van der Waals surface area contributed by atoms with Crippen LogP contribution in [0.25, 0.3) is 0 Å². The molecule has 0 aliphatic carbocycles. The minimum absolute atomic E-state index is 0.141. The van der Waals surface area contributed by atoms with Crippen LogP contribution >= 0.6 is 0 Å². The Bertz CT molecular complexity index is 434. The van der Waals surface area contributed by atoms with E-state index in [1.54, 1.807) is 5.01 Å². The molecule has 0 atom stereocenters. The van der Waals surface area contributed by atoms with E-state index < -0.39 is 0 Å². The van der Waals surface area contributed by atoms with Gasteiger partial charge in [-0.25, -0.2) is 5.01 Å². The van der Waals surface area contributed by atoms with Crippen LogP contribution in [0.2, 0.25) is 0 Å². The summed E-state index contributed by atoms with van der Waals surface area (Å²) in [5.41, 5.74) is 3.56. The van der Waals surface area contributed by atoms with E-state index in [-0.39, 0.29) is 5.91 Å². The molecule has 0 aromatic heterocycles. The van der Waals surface area contributed by atoms with Gasteiger partial charge >= 0.3 is 0 Å². The number of nitrogens with zero attached hydrogens (tertiary/aromatic N) is 2. The zero-order valence-electron chi connectivity index (χ0n) is 10.4. The first kappa shape index (κ1) is 11.8. The number of amides is 1. The molecule has 0 spiro atoms. The van der Waals surface area contributed by atoms with Crippen LogP contribution in [0, 0.1) is 6.92 Å². The van der Waals surface area contributed by atoms with Crippen molar-refractivity contribution in [1.82, 2.24) is 5.01 Å². The molecule has 0 fully saturated rings. The van der Waals surface area contributed by atoms with Gasteiger partial charge in [0.15, 0.2) is 0 Å². The molecule has 3 heteroatoms. The molecule has 1 heterocycles. The van der Waals surface area contributed by atoms with Crippen molar-refractivity contribution in [2.45, 2.75) is 33.1 Å². The molecular weight excluding hydrogens is 212 g/mol. The number of hydrogen-bond donors (Lipinski definition) is 0. The van der Waals surface area contributed by atoms with Crippen molar-refractivity contribution in [3.05, 3.63) is 35.4 Å². The van der Waals surface area contributed by atoms with Crippen molar-refractivity contribution in [2.24, 2.45) is 5.10 Å². The molecule has 0 radical (unpaired) electrons. The van der Waals surface area contributed by atoms with E-state index in [2.05, 4.69) is 36.3 Å². The number of hydrazone groups is 1. The van der Waals surface area contributed by atoms with E-state index in [1.165, 1.54) is 11.1 Å². The second-order valence-corrected chi connectivity index (χ2v) is 4.59. The highest BCUT2D eigenvalue weighted by atomic mass is 16.2. The van der Waals surface area contributed by atoms with E-state index in [0.29, 0.717) is 13.0 Å². The molecule has 1 aromatic carbocycles. The predicted molar refractivity (Wildman–Crippen MR) is 68.9 cm³/mol. The molecule has 0 saturated carbocycles. The summed E-state index contributed by atoms with van der Waals surface area (Å²) in [6, 6.07) is 8.42. The Labute approximate surface area is 102 Å². The zero-order valence-corrected chi connectivity index (χ0v) is 10.4. The zero-order chi connectivity index (χ0) is 12.3. The van der Waals surface area contributed by atoms with Crippen LogP contribution in [0.3, 0.4) is 0 Å². The lowest BCUT2D eigenvalue weighted by Gasteiger charge is -2.22. The Balaban J connectivity index is 1.95. The van der Waals surface area contributed by atoms with Crippen LogP contribution in [-0.4, -0.2) is 23.2 Å². The maximum Gasteiger partial charge on any atom is 0.243 e. The summed E-state index contributed by atoms with van der Waals surface area (Å²) in [5, 5.41) is 5.91. The van der Waals surface area contributed by atoms with Gasteiger partial charge < -0.3 is 0 Å². The van der Waals surface area contributed by atoms with Gasteiger partial charge in [-0.2, -0.15) is 5.10 Å². The summed E-state index contributed by atoms with van der Waals surface area (Å²) in [7, 11) is 0. The third-order valence-corrected chi connectivity index (χ3v) is 3.01. The molecule has 17 heavy (non-hydrogen) atoms. The van der Waals surface area contributed by atoms with Crippen LogP contribution in [0.5, 0.6) is 0 Å². The standard InChI is InChI=1S/C14H18N2O/c1-11-3-6-13(7-4-11)9-10-16-14(17)8-5-12(2)15-16/h3-4,6-7H,5,8-10H2,1-2H3. The monoisotopic (exact) mass is 230 g/mol. The van der Waals surface area contributed by atoms with Crippen molar-refractivity contribution >= 4 is 11.6 Å². The van der Waals surface area contributed by atoms with Gasteiger partial charge in [-0.1, -0.05) is 29.8 Å². The number of carbonyl (C=O) groups is 1. The lowest BCUT2D eigenvalue weighted by molar-refractivity contribution is -0.131. The molecule has 90 valence electrons. The van der Waals surface area contributed by atoms with Crippen molar-refractivity contribution < 1.29 is 4.79 Å². The van der Waals surface area contributed by atoms with Crippen molar-refractivity contribution in [3.8, 4) is 0 Å². The van der Waals surface area contributed by atoms with Crippen molar-refractivity contribution in [3.63, 3.8) is 0 Å². The Hall–Kier alpha value is -1.64. The highest BCUT2D eigenvalue weighted by Crippen LogP contribution is 2.11. The van der Waals surface area contributed by atoms with Gasteiger partial charge in [0.2, 0.25) is 5.91 Å². The first-order valence-corrected chi connectivity index (χ1v) is 6.05. The molecule has 0 N–H and O–H groups in total. The van der Waals surface area contributed by atoms with E-state index in [0.717, 1.165) is 18.6 Å². The Morgan fingerprint density at radius 2 is 1.88 bits per heavy atom. The molecule has 0 unspecified atom stereocenters. The predicted octanol–water partition coefficient (Wildman–Crippen LogP) is 2.54. The Kier molecular flexibility index (Phi) is 3.57. The van der Waals surface area contributed by atoms with Gasteiger partial charge in [0.25, 0.3) is 0 Å². The molecular formula is C14H18N2O. The topological polar surface area (TPSA) is 32.7 Å². The van der Waals surface area contributed by atoms with Crippen LogP contribution in [0.4, 0.5) is 0 Å². The van der Waals surface area contributed by atoms with E-state index in [4.69, 9.17) is 0 Å². The van der Waals surface area contributed by atoms with Gasteiger partial charge in [-0.15, -0.1) is 0 Å². The average Bonchev–Trinajstić information content (AvgIpc) is 2.32. The smallest absolute Gasteiger partial charge is 0.243 e. The van der Waals surface area contributed by atoms with E-state index in [1.807, 2.05) is 6.92 Å². The lowest BCUT2D eigenvalue weighted by Crippen LogP contribution is -2.32. The van der Waals surface area contributed by atoms with Gasteiger partial charge in [0, 0.05) is 18.7 Å². The quantitative estimate of drug-likeness (QED) is 0.785. The summed E-state index contributed by atoms with van der Waals surface area (Å²) >= 11 is 0. The highest BCUT2D eigenvalue weighted by Gasteiger charge is 2.17. The van der Waals surface area contributed by atoms with Crippen molar-refractivity contribution in [1.29, 1.82) is 0 Å². The van der Waals surface area contributed by atoms with E-state index >= 15 is 0 Å². The second-order valence-electron chi connectivity index (χ2n) is 4.59. The normalized spacial score (nSPS) is 16.0. The van der Waals surface area contributed by atoms with Gasteiger partial charge in [0.05, 0.1) is 0 Å². The third-order valence-electron chi connectivity index (χ3n) is 3.01. The fraction of sp³-hybridized carbons (Fsp3) is 0.429. The molecule has 1 aromatic rings. The first-order valence-electron chi connectivity index (χ1n) is 6.05.